The molecule has 0 spiro atoms. The standard InChI is InChI=1S/C10H12BrNO/c1-7(10(13)12-2)8-3-5-9(11)6-4-8/h3-7H,1-2H3,(H,12,13). The van der Waals surface area contributed by atoms with Gasteiger partial charge in [-0.05, 0) is 24.6 Å². The number of nitrogens with one attached hydrogen (secondary N) is 1. The van der Waals surface area contributed by atoms with Gasteiger partial charge in [0.2, 0.25) is 5.91 Å². The summed E-state index contributed by atoms with van der Waals surface area (Å²) in [5.74, 6) is -0.0413. The zero-order valence-electron chi connectivity index (χ0n) is 7.67. The lowest BCUT2D eigenvalue weighted by atomic mass is 10.0. The minimum absolute atomic E-state index is 0.0438. The normalized spacial score (nSPS) is 12.2. The van der Waals surface area contributed by atoms with Crippen molar-refractivity contribution in [2.45, 2.75) is 12.8 Å². The van der Waals surface area contributed by atoms with Gasteiger partial charge in [0.1, 0.15) is 0 Å². The highest BCUT2D eigenvalue weighted by Gasteiger charge is 2.12. The number of benzene rings is 1. The second kappa shape index (κ2) is 4.42. The van der Waals surface area contributed by atoms with Gasteiger partial charge in [-0.15, -0.1) is 0 Å². The van der Waals surface area contributed by atoms with Crippen molar-refractivity contribution in [1.29, 1.82) is 0 Å². The van der Waals surface area contributed by atoms with Crippen LogP contribution >= 0.6 is 15.9 Å². The molecule has 0 aromatic heterocycles. The lowest BCUT2D eigenvalue weighted by molar-refractivity contribution is -0.121. The average molecular weight is 242 g/mol. The molecule has 1 N–H and O–H groups in total. The van der Waals surface area contributed by atoms with E-state index >= 15 is 0 Å². The van der Waals surface area contributed by atoms with Crippen molar-refractivity contribution in [3.63, 3.8) is 0 Å². The Kier molecular flexibility index (Phi) is 3.48. The molecular weight excluding hydrogens is 230 g/mol. The number of amides is 1. The lowest BCUT2D eigenvalue weighted by Crippen LogP contribution is -2.23. The van der Waals surface area contributed by atoms with Crippen LogP contribution in [0.4, 0.5) is 0 Å². The third kappa shape index (κ3) is 2.56. The molecule has 0 bridgehead atoms. The summed E-state index contributed by atoms with van der Waals surface area (Å²) in [4.78, 5) is 11.3. The van der Waals surface area contributed by atoms with E-state index in [-0.39, 0.29) is 11.8 Å². The molecule has 3 heteroatoms. The van der Waals surface area contributed by atoms with Gasteiger partial charge < -0.3 is 5.32 Å². The summed E-state index contributed by atoms with van der Waals surface area (Å²) in [6.07, 6.45) is 0. The average Bonchev–Trinajstić information content (AvgIpc) is 2.17. The fraction of sp³-hybridized carbons (Fsp3) is 0.300. The molecule has 1 atom stereocenters. The van der Waals surface area contributed by atoms with E-state index in [4.69, 9.17) is 0 Å². The van der Waals surface area contributed by atoms with Gasteiger partial charge in [0, 0.05) is 11.5 Å². The van der Waals surface area contributed by atoms with E-state index < -0.39 is 0 Å². The van der Waals surface area contributed by atoms with Crippen LogP contribution in [-0.4, -0.2) is 13.0 Å². The van der Waals surface area contributed by atoms with Gasteiger partial charge in [-0.3, -0.25) is 4.79 Å². The lowest BCUT2D eigenvalue weighted by Gasteiger charge is -2.09. The molecule has 2 nitrogen and oxygen atoms in total. The summed E-state index contributed by atoms with van der Waals surface area (Å²) < 4.78 is 1.03. The monoisotopic (exact) mass is 241 g/mol. The first-order valence-electron chi connectivity index (χ1n) is 4.12. The fourth-order valence-corrected chi connectivity index (χ4v) is 1.38. The molecule has 0 saturated heterocycles. The highest BCUT2D eigenvalue weighted by molar-refractivity contribution is 9.10. The Morgan fingerprint density at radius 3 is 2.38 bits per heavy atom. The highest BCUT2D eigenvalue weighted by atomic mass is 79.9. The Bertz CT molecular complexity index is 294. The summed E-state index contributed by atoms with van der Waals surface area (Å²) in [6, 6.07) is 7.78. The highest BCUT2D eigenvalue weighted by Crippen LogP contribution is 2.18. The van der Waals surface area contributed by atoms with Gasteiger partial charge in [0.05, 0.1) is 5.92 Å². The van der Waals surface area contributed by atoms with Gasteiger partial charge >= 0.3 is 0 Å². The van der Waals surface area contributed by atoms with Gasteiger partial charge in [0.25, 0.3) is 0 Å². The summed E-state index contributed by atoms with van der Waals surface area (Å²) >= 11 is 3.35. The summed E-state index contributed by atoms with van der Waals surface area (Å²) in [7, 11) is 1.65. The van der Waals surface area contributed by atoms with Gasteiger partial charge in [-0.2, -0.15) is 0 Å². The zero-order chi connectivity index (χ0) is 9.84. The minimum atomic E-state index is -0.0851. The number of hydrogen-bond donors (Lipinski definition) is 1. The fourth-order valence-electron chi connectivity index (χ4n) is 1.12. The summed E-state index contributed by atoms with van der Waals surface area (Å²) in [5, 5.41) is 2.63. The van der Waals surface area contributed by atoms with Crippen molar-refractivity contribution in [3.8, 4) is 0 Å². The van der Waals surface area contributed by atoms with Crippen LogP contribution in [0.15, 0.2) is 28.7 Å². The van der Waals surface area contributed by atoms with Crippen LogP contribution in [-0.2, 0) is 4.79 Å². The van der Waals surface area contributed by atoms with Crippen LogP contribution in [0, 0.1) is 0 Å². The van der Waals surface area contributed by atoms with Gasteiger partial charge in [-0.25, -0.2) is 0 Å². The first-order chi connectivity index (χ1) is 6.15. The largest absolute Gasteiger partial charge is 0.359 e. The number of likely N-dealkylation sites (N-methyl/N-ethyl adjacent to an activating group) is 1. The van der Waals surface area contributed by atoms with E-state index in [1.807, 2.05) is 31.2 Å². The van der Waals surface area contributed by atoms with Crippen molar-refractivity contribution < 1.29 is 4.79 Å². The van der Waals surface area contributed by atoms with E-state index in [1.54, 1.807) is 7.05 Å². The SMILES string of the molecule is CNC(=O)C(C)c1ccc(Br)cc1. The maximum absolute atomic E-state index is 11.3. The maximum atomic E-state index is 11.3. The van der Waals surface area contributed by atoms with Crippen LogP contribution in [0.1, 0.15) is 18.4 Å². The summed E-state index contributed by atoms with van der Waals surface area (Å²) in [5.41, 5.74) is 1.03. The molecule has 0 aliphatic heterocycles. The van der Waals surface area contributed by atoms with Crippen LogP contribution in [0.3, 0.4) is 0 Å². The van der Waals surface area contributed by atoms with E-state index in [1.165, 1.54) is 0 Å². The smallest absolute Gasteiger partial charge is 0.227 e. The molecule has 0 heterocycles. The predicted molar refractivity (Wildman–Crippen MR) is 56.6 cm³/mol. The second-order valence-electron chi connectivity index (χ2n) is 2.89. The van der Waals surface area contributed by atoms with Crippen LogP contribution < -0.4 is 5.32 Å². The van der Waals surface area contributed by atoms with Crippen molar-refractivity contribution >= 4 is 21.8 Å². The Morgan fingerprint density at radius 2 is 1.92 bits per heavy atom. The van der Waals surface area contributed by atoms with Crippen LogP contribution in [0.2, 0.25) is 0 Å². The number of hydrogen-bond acceptors (Lipinski definition) is 1. The molecule has 0 radical (unpaired) electrons. The van der Waals surface area contributed by atoms with Gasteiger partial charge in [0.15, 0.2) is 0 Å². The van der Waals surface area contributed by atoms with Crippen LogP contribution in [0.25, 0.3) is 0 Å². The van der Waals surface area contributed by atoms with Crippen molar-refractivity contribution in [2.24, 2.45) is 0 Å². The summed E-state index contributed by atoms with van der Waals surface area (Å²) in [6.45, 7) is 1.89. The van der Waals surface area contributed by atoms with Crippen molar-refractivity contribution in [1.82, 2.24) is 5.32 Å². The van der Waals surface area contributed by atoms with E-state index in [9.17, 15) is 4.79 Å². The molecule has 1 amide bonds. The molecule has 1 aromatic rings. The maximum Gasteiger partial charge on any atom is 0.227 e. The Balaban J connectivity index is 2.83. The molecule has 13 heavy (non-hydrogen) atoms. The zero-order valence-corrected chi connectivity index (χ0v) is 9.26. The van der Waals surface area contributed by atoms with E-state index in [0.29, 0.717) is 0 Å². The number of halogens is 1. The topological polar surface area (TPSA) is 29.1 Å². The molecule has 1 aromatic carbocycles. The molecule has 0 aliphatic carbocycles. The minimum Gasteiger partial charge on any atom is -0.359 e. The molecule has 1 unspecified atom stereocenters. The molecule has 0 saturated carbocycles. The van der Waals surface area contributed by atoms with Crippen LogP contribution in [0.5, 0.6) is 0 Å². The Morgan fingerprint density at radius 1 is 1.38 bits per heavy atom. The predicted octanol–water partition coefficient (Wildman–Crippen LogP) is 2.30. The number of carbonyl (C=O) groups is 1. The van der Waals surface area contributed by atoms with Crippen molar-refractivity contribution in [2.75, 3.05) is 7.05 Å². The third-order valence-corrected chi connectivity index (χ3v) is 2.54. The first kappa shape index (κ1) is 10.3. The molecular formula is C10H12BrNO. The first-order valence-corrected chi connectivity index (χ1v) is 4.91. The molecule has 0 aliphatic rings. The van der Waals surface area contributed by atoms with Gasteiger partial charge in [-0.1, -0.05) is 28.1 Å². The number of carbonyl (C=O) groups excluding carboxylic acids is 1. The quantitative estimate of drug-likeness (QED) is 0.847. The number of rotatable bonds is 2. The van der Waals surface area contributed by atoms with E-state index in [2.05, 4.69) is 21.2 Å². The molecule has 0 fully saturated rings. The second-order valence-corrected chi connectivity index (χ2v) is 3.80. The molecule has 1 rings (SSSR count). The Labute approximate surface area is 86.5 Å². The van der Waals surface area contributed by atoms with E-state index in [0.717, 1.165) is 10.0 Å². The Hall–Kier alpha value is -0.830. The van der Waals surface area contributed by atoms with Crippen molar-refractivity contribution in [3.05, 3.63) is 34.3 Å². The third-order valence-electron chi connectivity index (χ3n) is 2.01. The molecule has 70 valence electrons.